The lowest BCUT2D eigenvalue weighted by Crippen LogP contribution is -2.49. The summed E-state index contributed by atoms with van der Waals surface area (Å²) in [4.78, 5) is 32.9. The molecule has 0 atom stereocenters. The van der Waals surface area contributed by atoms with E-state index in [0.717, 1.165) is 0 Å². The normalized spacial score (nSPS) is 19.6. The van der Waals surface area contributed by atoms with Crippen molar-refractivity contribution >= 4 is 24.8 Å². The number of nitrogens with zero attached hydrogens (tertiary/aromatic N) is 2. The summed E-state index contributed by atoms with van der Waals surface area (Å²) in [5.74, 6) is -0.795. The van der Waals surface area contributed by atoms with Crippen molar-refractivity contribution < 1.29 is 55.6 Å². The van der Waals surface area contributed by atoms with Crippen molar-refractivity contribution in [1.82, 2.24) is 10.1 Å². The Bertz CT molecular complexity index is 1120. The van der Waals surface area contributed by atoms with Crippen molar-refractivity contribution in [1.29, 1.82) is 0 Å². The summed E-state index contributed by atoms with van der Waals surface area (Å²) >= 11 is 0. The van der Waals surface area contributed by atoms with Gasteiger partial charge in [0, 0.05) is 19.8 Å². The summed E-state index contributed by atoms with van der Waals surface area (Å²) < 4.78 is 74.7. The van der Waals surface area contributed by atoms with Gasteiger partial charge in [-0.3, -0.25) is 14.6 Å². The number of halogens is 3. The molecule has 2 N–H and O–H groups in total. The van der Waals surface area contributed by atoms with Gasteiger partial charge in [-0.1, -0.05) is 6.07 Å². The van der Waals surface area contributed by atoms with Gasteiger partial charge in [-0.2, -0.15) is 13.2 Å². The van der Waals surface area contributed by atoms with Gasteiger partial charge in [-0.25, -0.2) is 4.57 Å². The maximum absolute atomic E-state index is 12.6. The maximum Gasteiger partial charge on any atom is 0.527 e. The van der Waals surface area contributed by atoms with Crippen LogP contribution in [0.15, 0.2) is 22.7 Å². The van der Waals surface area contributed by atoms with Crippen LogP contribution in [0.4, 0.5) is 13.2 Å². The Kier molecular flexibility index (Phi) is 8.34. The third-order valence-corrected chi connectivity index (χ3v) is 7.00. The number of likely N-dealkylation sites (tertiary alicyclic amines) is 1. The average molecular weight is 552 g/mol. The number of carbonyl (C=O) groups excluding carboxylic acids is 1. The molecule has 0 saturated carbocycles. The van der Waals surface area contributed by atoms with Gasteiger partial charge in [0.15, 0.2) is 12.2 Å². The van der Waals surface area contributed by atoms with E-state index in [-0.39, 0.29) is 41.7 Å². The molecule has 0 unspecified atom stereocenters. The van der Waals surface area contributed by atoms with Crippen LogP contribution in [0.5, 0.6) is 11.6 Å². The molecule has 11 nitrogen and oxygen atoms in total. The zero-order valence-corrected chi connectivity index (χ0v) is 20.7. The Balaban J connectivity index is 1.33. The first kappa shape index (κ1) is 27.6. The van der Waals surface area contributed by atoms with E-state index < -0.39 is 32.0 Å². The number of piperidine rings is 1. The van der Waals surface area contributed by atoms with Crippen LogP contribution < -0.4 is 9.47 Å². The minimum absolute atomic E-state index is 0.0372. The number of benzene rings is 1. The van der Waals surface area contributed by atoms with E-state index in [1.54, 1.807) is 6.07 Å². The summed E-state index contributed by atoms with van der Waals surface area (Å²) in [7, 11) is -4.97. The van der Waals surface area contributed by atoms with Crippen LogP contribution in [0.25, 0.3) is 11.0 Å². The van der Waals surface area contributed by atoms with Crippen LogP contribution >= 0.6 is 7.82 Å². The Morgan fingerprint density at radius 1 is 1.19 bits per heavy atom. The third-order valence-electron chi connectivity index (χ3n) is 6.59. The number of hydrogen-bond acceptors (Lipinski definition) is 9. The number of ether oxygens (including phenoxy) is 3. The second-order valence-corrected chi connectivity index (χ2v) is 10.5. The highest BCUT2D eigenvalue weighted by Crippen LogP contribution is 2.43. The number of hydrogen-bond donors (Lipinski definition) is 2. The van der Waals surface area contributed by atoms with E-state index in [2.05, 4.69) is 14.6 Å². The van der Waals surface area contributed by atoms with E-state index in [0.29, 0.717) is 52.0 Å². The van der Waals surface area contributed by atoms with Crippen LogP contribution in [0.2, 0.25) is 0 Å². The van der Waals surface area contributed by atoms with Crippen molar-refractivity contribution in [2.24, 2.45) is 11.3 Å². The SMILES string of the molecule is O=C(OP(=O)(O)O)C1(CN2CCC(COc3noc4cccc(OCC(F)(F)F)c34)CC2)CCOCC1. The lowest BCUT2D eigenvalue weighted by molar-refractivity contribution is -0.155. The highest BCUT2D eigenvalue weighted by molar-refractivity contribution is 7.46. The highest BCUT2D eigenvalue weighted by atomic mass is 31.2. The first-order valence-electron chi connectivity index (χ1n) is 11.7. The van der Waals surface area contributed by atoms with Crippen LogP contribution in [-0.2, 0) is 18.6 Å². The standard InChI is InChI=1S/C22H28F3N2O9P/c23-22(24,25)14-34-16-2-1-3-17-18(16)19(26-35-17)33-12-15-4-8-27(9-5-15)13-21(6-10-32-11-7-21)20(28)36-37(29,30)31/h1-3,15H,4-14H2,(H2,29,30,31). The minimum Gasteiger partial charge on any atom is -0.483 e. The summed E-state index contributed by atoms with van der Waals surface area (Å²) in [6.45, 7) is 0.893. The molecule has 2 aliphatic heterocycles. The molecule has 15 heteroatoms. The molecule has 1 aromatic heterocycles. The smallest absolute Gasteiger partial charge is 0.483 e. The molecule has 206 valence electrons. The average Bonchev–Trinajstić information content (AvgIpc) is 3.25. The Morgan fingerprint density at radius 3 is 2.54 bits per heavy atom. The third kappa shape index (κ3) is 7.35. The maximum atomic E-state index is 12.6. The predicted octanol–water partition coefficient (Wildman–Crippen LogP) is 3.29. The number of rotatable bonds is 9. The fourth-order valence-electron chi connectivity index (χ4n) is 4.64. The largest absolute Gasteiger partial charge is 0.527 e. The number of alkyl halides is 3. The van der Waals surface area contributed by atoms with E-state index in [1.165, 1.54) is 12.1 Å². The molecule has 2 aliphatic rings. The summed E-state index contributed by atoms with van der Waals surface area (Å²) in [5, 5.41) is 4.07. The molecule has 4 rings (SSSR count). The van der Waals surface area contributed by atoms with Gasteiger partial charge in [-0.05, 0) is 62.0 Å². The van der Waals surface area contributed by atoms with E-state index in [1.807, 2.05) is 0 Å². The molecule has 0 aliphatic carbocycles. The number of carbonyl (C=O) groups is 1. The zero-order chi connectivity index (χ0) is 26.7. The summed E-state index contributed by atoms with van der Waals surface area (Å²) in [6.07, 6.45) is -2.50. The highest BCUT2D eigenvalue weighted by Gasteiger charge is 2.45. The molecule has 0 spiro atoms. The molecule has 1 aromatic carbocycles. The molecule has 3 heterocycles. The molecule has 0 bridgehead atoms. The summed E-state index contributed by atoms with van der Waals surface area (Å²) in [5.41, 5.74) is -0.816. The van der Waals surface area contributed by atoms with Gasteiger partial charge in [0.2, 0.25) is 0 Å². The van der Waals surface area contributed by atoms with E-state index in [4.69, 9.17) is 28.5 Å². The lowest BCUT2D eigenvalue weighted by atomic mass is 9.79. The number of fused-ring (bicyclic) bond motifs is 1. The fraction of sp³-hybridized carbons (Fsp3) is 0.636. The van der Waals surface area contributed by atoms with Gasteiger partial charge in [-0.15, -0.1) is 0 Å². The lowest BCUT2D eigenvalue weighted by Gasteiger charge is -2.41. The topological polar surface area (TPSA) is 141 Å². The number of aromatic nitrogens is 1. The van der Waals surface area contributed by atoms with Gasteiger partial charge in [0.1, 0.15) is 11.1 Å². The zero-order valence-electron chi connectivity index (χ0n) is 19.8. The van der Waals surface area contributed by atoms with Crippen molar-refractivity contribution in [2.75, 3.05) is 46.1 Å². The van der Waals surface area contributed by atoms with Crippen LogP contribution in [0.3, 0.4) is 0 Å². The molecular formula is C22H28F3N2O9P. The van der Waals surface area contributed by atoms with Crippen LogP contribution in [0.1, 0.15) is 25.7 Å². The quantitative estimate of drug-likeness (QED) is 0.443. The first-order valence-corrected chi connectivity index (χ1v) is 13.3. The van der Waals surface area contributed by atoms with Crippen LogP contribution in [0, 0.1) is 11.3 Å². The van der Waals surface area contributed by atoms with E-state index >= 15 is 0 Å². The second kappa shape index (κ2) is 11.2. The minimum atomic E-state index is -4.97. The molecule has 2 fully saturated rings. The summed E-state index contributed by atoms with van der Waals surface area (Å²) in [6, 6.07) is 4.44. The Labute approximate surface area is 210 Å². The van der Waals surface area contributed by atoms with Crippen molar-refractivity contribution in [2.45, 2.75) is 31.9 Å². The predicted molar refractivity (Wildman–Crippen MR) is 121 cm³/mol. The van der Waals surface area contributed by atoms with Crippen molar-refractivity contribution in [3.8, 4) is 11.6 Å². The monoisotopic (exact) mass is 552 g/mol. The molecule has 0 radical (unpaired) electrons. The van der Waals surface area contributed by atoms with E-state index in [9.17, 15) is 22.5 Å². The van der Waals surface area contributed by atoms with Gasteiger partial charge in [0.05, 0.1) is 12.0 Å². The second-order valence-electron chi connectivity index (χ2n) is 9.31. The number of phosphoric ester groups is 1. The van der Waals surface area contributed by atoms with Crippen LogP contribution in [-0.4, -0.2) is 78.1 Å². The van der Waals surface area contributed by atoms with Gasteiger partial charge < -0.3 is 28.2 Å². The molecular weight excluding hydrogens is 524 g/mol. The molecule has 2 aromatic rings. The number of phosphoric acid groups is 1. The van der Waals surface area contributed by atoms with Gasteiger partial charge >= 0.3 is 20.0 Å². The molecule has 37 heavy (non-hydrogen) atoms. The van der Waals surface area contributed by atoms with Crippen molar-refractivity contribution in [3.05, 3.63) is 18.2 Å². The molecule has 0 amide bonds. The fourth-order valence-corrected chi connectivity index (χ4v) is 5.05. The van der Waals surface area contributed by atoms with Gasteiger partial charge in [0.25, 0.3) is 5.88 Å². The first-order chi connectivity index (χ1) is 17.4. The Hall–Kier alpha value is -2.38. The van der Waals surface area contributed by atoms with Crippen molar-refractivity contribution in [3.63, 3.8) is 0 Å². The Morgan fingerprint density at radius 2 is 1.89 bits per heavy atom. The molecule has 2 saturated heterocycles.